The van der Waals surface area contributed by atoms with Gasteiger partial charge in [0.05, 0.1) is 18.5 Å². The number of hydrogen-bond donors (Lipinski definition) is 0. The molecule has 3 rings (SSSR count). The van der Waals surface area contributed by atoms with E-state index >= 15 is 0 Å². The highest BCUT2D eigenvalue weighted by Crippen LogP contribution is 2.27. The Morgan fingerprint density at radius 2 is 1.80 bits per heavy atom. The Balaban J connectivity index is 2.21. The minimum atomic E-state index is -0.142. The van der Waals surface area contributed by atoms with E-state index in [0.29, 0.717) is 11.3 Å². The van der Waals surface area contributed by atoms with Crippen LogP contribution >= 0.6 is 0 Å². The molecule has 0 aliphatic heterocycles. The van der Waals surface area contributed by atoms with Gasteiger partial charge in [-0.25, -0.2) is 9.50 Å². The number of rotatable bonds is 7. The maximum absolute atomic E-state index is 13.5. The first-order chi connectivity index (χ1) is 14.3. The summed E-state index contributed by atoms with van der Waals surface area (Å²) in [6.45, 7) is 12.0. The molecular formula is C24H32N4O2. The summed E-state index contributed by atoms with van der Waals surface area (Å²) in [6.07, 6.45) is 1.82. The van der Waals surface area contributed by atoms with Crippen LogP contribution in [0.15, 0.2) is 36.4 Å². The van der Waals surface area contributed by atoms with Crippen molar-refractivity contribution in [3.8, 4) is 17.0 Å². The van der Waals surface area contributed by atoms with Gasteiger partial charge >= 0.3 is 0 Å². The monoisotopic (exact) mass is 408 g/mol. The van der Waals surface area contributed by atoms with Crippen LogP contribution in [-0.2, 0) is 5.41 Å². The van der Waals surface area contributed by atoms with Gasteiger partial charge in [0, 0.05) is 30.1 Å². The molecule has 6 heteroatoms. The van der Waals surface area contributed by atoms with Gasteiger partial charge in [-0.05, 0) is 31.0 Å². The Morgan fingerprint density at radius 1 is 1.10 bits per heavy atom. The number of amides is 1. The summed E-state index contributed by atoms with van der Waals surface area (Å²) in [6, 6.07) is 11.6. The number of aromatic nitrogens is 3. The minimum Gasteiger partial charge on any atom is -0.497 e. The lowest BCUT2D eigenvalue weighted by atomic mass is 9.93. The molecule has 0 fully saturated rings. The van der Waals surface area contributed by atoms with Crippen LogP contribution in [-0.4, -0.2) is 45.6 Å². The molecule has 2 heterocycles. The van der Waals surface area contributed by atoms with Crippen molar-refractivity contribution in [1.29, 1.82) is 0 Å². The predicted molar refractivity (Wildman–Crippen MR) is 120 cm³/mol. The van der Waals surface area contributed by atoms with Crippen molar-refractivity contribution < 1.29 is 9.53 Å². The van der Waals surface area contributed by atoms with Crippen LogP contribution in [0.2, 0.25) is 0 Å². The Hall–Kier alpha value is -2.89. The van der Waals surface area contributed by atoms with Crippen molar-refractivity contribution in [2.45, 2.75) is 52.9 Å². The van der Waals surface area contributed by atoms with E-state index in [9.17, 15) is 4.79 Å². The highest BCUT2D eigenvalue weighted by atomic mass is 16.5. The van der Waals surface area contributed by atoms with E-state index in [1.165, 1.54) is 0 Å². The van der Waals surface area contributed by atoms with E-state index in [-0.39, 0.29) is 11.3 Å². The number of carbonyl (C=O) groups is 1. The average molecular weight is 409 g/mol. The van der Waals surface area contributed by atoms with Gasteiger partial charge in [0.2, 0.25) is 0 Å². The number of carbonyl (C=O) groups excluding carboxylic acids is 1. The quantitative estimate of drug-likeness (QED) is 0.554. The highest BCUT2D eigenvalue weighted by Gasteiger charge is 2.24. The van der Waals surface area contributed by atoms with Crippen molar-refractivity contribution >= 4 is 11.6 Å². The fourth-order valence-electron chi connectivity index (χ4n) is 3.44. The lowest BCUT2D eigenvalue weighted by Gasteiger charge is -2.22. The van der Waals surface area contributed by atoms with E-state index < -0.39 is 0 Å². The molecule has 0 unspecified atom stereocenters. The van der Waals surface area contributed by atoms with Crippen LogP contribution in [0, 0.1) is 0 Å². The normalized spacial score (nSPS) is 11.7. The van der Waals surface area contributed by atoms with Crippen molar-refractivity contribution in [1.82, 2.24) is 19.5 Å². The molecule has 6 nitrogen and oxygen atoms in total. The number of ether oxygens (including phenoxy) is 1. The van der Waals surface area contributed by atoms with Gasteiger partial charge < -0.3 is 9.64 Å². The number of fused-ring (bicyclic) bond motifs is 1. The molecule has 1 amide bonds. The van der Waals surface area contributed by atoms with Gasteiger partial charge in [-0.15, -0.1) is 0 Å². The number of methoxy groups -OCH3 is 1. The van der Waals surface area contributed by atoms with E-state index in [0.717, 1.165) is 48.6 Å². The van der Waals surface area contributed by atoms with Gasteiger partial charge in [-0.1, -0.05) is 46.8 Å². The topological polar surface area (TPSA) is 59.7 Å². The van der Waals surface area contributed by atoms with Crippen molar-refractivity contribution in [2.24, 2.45) is 0 Å². The second-order valence-electron chi connectivity index (χ2n) is 8.60. The first-order valence-electron chi connectivity index (χ1n) is 10.6. The Kier molecular flexibility index (Phi) is 6.44. The van der Waals surface area contributed by atoms with Gasteiger partial charge in [0.15, 0.2) is 5.65 Å². The van der Waals surface area contributed by atoms with Crippen molar-refractivity contribution in [3.05, 3.63) is 47.8 Å². The van der Waals surface area contributed by atoms with E-state index in [1.807, 2.05) is 41.3 Å². The molecule has 1 aromatic carbocycles. The zero-order valence-electron chi connectivity index (χ0n) is 18.9. The lowest BCUT2D eigenvalue weighted by Crippen LogP contribution is -2.34. The molecule has 30 heavy (non-hydrogen) atoms. The van der Waals surface area contributed by atoms with E-state index in [1.54, 1.807) is 11.6 Å². The molecule has 160 valence electrons. The molecule has 2 aromatic heterocycles. The molecule has 0 aliphatic carbocycles. The van der Waals surface area contributed by atoms with Crippen LogP contribution in [0.5, 0.6) is 5.75 Å². The number of benzene rings is 1. The summed E-state index contributed by atoms with van der Waals surface area (Å²) < 4.78 is 7.07. The minimum absolute atomic E-state index is 0.0150. The van der Waals surface area contributed by atoms with Gasteiger partial charge in [0.1, 0.15) is 11.4 Å². The fraction of sp³-hybridized carbons (Fsp3) is 0.458. The van der Waals surface area contributed by atoms with Crippen LogP contribution in [0.25, 0.3) is 16.9 Å². The number of hydrogen-bond acceptors (Lipinski definition) is 4. The van der Waals surface area contributed by atoms with Crippen LogP contribution in [0.1, 0.15) is 63.6 Å². The summed E-state index contributed by atoms with van der Waals surface area (Å²) >= 11 is 0. The molecule has 0 atom stereocenters. The first-order valence-corrected chi connectivity index (χ1v) is 10.6. The molecule has 0 aliphatic rings. The molecule has 0 N–H and O–H groups in total. The Labute approximate surface area is 178 Å². The average Bonchev–Trinajstić information content (AvgIpc) is 3.17. The molecular weight excluding hydrogens is 376 g/mol. The predicted octanol–water partition coefficient (Wildman–Crippen LogP) is 4.96. The molecule has 0 saturated heterocycles. The molecule has 0 radical (unpaired) electrons. The van der Waals surface area contributed by atoms with Crippen molar-refractivity contribution in [2.75, 3.05) is 20.2 Å². The second-order valence-corrected chi connectivity index (χ2v) is 8.60. The van der Waals surface area contributed by atoms with Crippen LogP contribution in [0.3, 0.4) is 0 Å². The Morgan fingerprint density at radius 3 is 2.40 bits per heavy atom. The maximum Gasteiger partial charge on any atom is 0.272 e. The van der Waals surface area contributed by atoms with E-state index in [4.69, 9.17) is 14.8 Å². The first kappa shape index (κ1) is 21.8. The van der Waals surface area contributed by atoms with Gasteiger partial charge in [-0.3, -0.25) is 4.79 Å². The van der Waals surface area contributed by atoms with Gasteiger partial charge in [0.25, 0.3) is 5.91 Å². The van der Waals surface area contributed by atoms with Crippen molar-refractivity contribution in [3.63, 3.8) is 0 Å². The maximum atomic E-state index is 13.5. The zero-order valence-corrected chi connectivity index (χ0v) is 18.9. The number of nitrogens with zero attached hydrogens (tertiary/aromatic N) is 4. The summed E-state index contributed by atoms with van der Waals surface area (Å²) in [5, 5.41) is 4.76. The summed E-state index contributed by atoms with van der Waals surface area (Å²) in [5.74, 6) is 0.739. The molecule has 3 aromatic rings. The van der Waals surface area contributed by atoms with Gasteiger partial charge in [-0.2, -0.15) is 5.10 Å². The highest BCUT2D eigenvalue weighted by molar-refractivity contribution is 5.94. The third-order valence-electron chi connectivity index (χ3n) is 5.05. The fourth-order valence-corrected chi connectivity index (χ4v) is 3.44. The van der Waals surface area contributed by atoms with Crippen LogP contribution < -0.4 is 4.74 Å². The summed E-state index contributed by atoms with van der Waals surface area (Å²) in [7, 11) is 1.64. The lowest BCUT2D eigenvalue weighted by molar-refractivity contribution is 0.0746. The third-order valence-corrected chi connectivity index (χ3v) is 5.05. The molecule has 0 spiro atoms. The standard InChI is InChI=1S/C24H32N4O2/c1-7-12-27(13-8-2)23(29)20-15-19(17-10-9-11-18(14-17)30-6)25-22-16-21(24(3,4)5)26-28(20)22/h9-11,14-16H,7-8,12-13H2,1-6H3. The SMILES string of the molecule is CCCN(CCC)C(=O)c1cc(-c2cccc(OC)c2)nc2cc(C(C)(C)C)nn12. The molecule has 0 bridgehead atoms. The molecule has 0 saturated carbocycles. The largest absolute Gasteiger partial charge is 0.497 e. The second kappa shape index (κ2) is 8.86. The summed E-state index contributed by atoms with van der Waals surface area (Å²) in [4.78, 5) is 20.2. The smallest absolute Gasteiger partial charge is 0.272 e. The Bertz CT molecular complexity index is 1030. The van der Waals surface area contributed by atoms with E-state index in [2.05, 4.69) is 34.6 Å². The third kappa shape index (κ3) is 4.48. The summed E-state index contributed by atoms with van der Waals surface area (Å²) in [5.41, 5.74) is 3.62. The zero-order chi connectivity index (χ0) is 21.9. The van der Waals surface area contributed by atoms with Crippen LogP contribution in [0.4, 0.5) is 0 Å².